The molecule has 0 unspecified atom stereocenters. The number of hydrogen-bond donors (Lipinski definition) is 0. The van der Waals surface area contributed by atoms with Crippen LogP contribution in [0.4, 0.5) is 0 Å². The van der Waals surface area contributed by atoms with Crippen LogP contribution in [0.3, 0.4) is 0 Å². The number of oxazole rings is 1. The summed E-state index contributed by atoms with van der Waals surface area (Å²) in [4.78, 5) is 21.1. The van der Waals surface area contributed by atoms with E-state index in [-0.39, 0.29) is 5.91 Å². The molecule has 6 nitrogen and oxygen atoms in total. The zero-order valence-corrected chi connectivity index (χ0v) is 18.1. The fraction of sp³-hybridized carbons (Fsp3) is 0.333. The van der Waals surface area contributed by atoms with Gasteiger partial charge in [-0.05, 0) is 12.1 Å². The number of aromatic nitrogens is 1. The van der Waals surface area contributed by atoms with Crippen LogP contribution >= 0.6 is 11.6 Å². The van der Waals surface area contributed by atoms with E-state index in [1.165, 1.54) is 0 Å². The molecule has 1 aliphatic heterocycles. The third-order valence-electron chi connectivity index (χ3n) is 5.39. The highest BCUT2D eigenvalue weighted by atomic mass is 35.5. The molecule has 0 aliphatic carbocycles. The molecule has 1 amide bonds. The number of aryl methyl sites for hydroxylation is 1. The van der Waals surface area contributed by atoms with E-state index in [0.717, 1.165) is 44.0 Å². The second-order valence-electron chi connectivity index (χ2n) is 7.49. The number of hydrogen-bond acceptors (Lipinski definition) is 5. The molecule has 162 valence electrons. The molecular weight excluding hydrogens is 414 g/mol. The van der Waals surface area contributed by atoms with E-state index in [0.29, 0.717) is 36.1 Å². The van der Waals surface area contributed by atoms with E-state index in [9.17, 15) is 4.79 Å². The molecule has 0 atom stereocenters. The maximum absolute atomic E-state index is 12.6. The van der Waals surface area contributed by atoms with Crippen molar-refractivity contribution in [1.29, 1.82) is 0 Å². The fourth-order valence-electron chi connectivity index (χ4n) is 3.60. The van der Waals surface area contributed by atoms with E-state index in [1.807, 2.05) is 59.5 Å². The highest BCUT2D eigenvalue weighted by Crippen LogP contribution is 2.23. The Balaban J connectivity index is 1.17. The third kappa shape index (κ3) is 5.87. The molecule has 0 saturated carbocycles. The summed E-state index contributed by atoms with van der Waals surface area (Å²) < 4.78 is 11.6. The second-order valence-corrected chi connectivity index (χ2v) is 7.89. The van der Waals surface area contributed by atoms with Gasteiger partial charge in [0.2, 0.25) is 5.91 Å². The Morgan fingerprint density at radius 1 is 1.03 bits per heavy atom. The monoisotopic (exact) mass is 439 g/mol. The van der Waals surface area contributed by atoms with Crippen LogP contribution in [0, 0.1) is 0 Å². The first-order valence-corrected chi connectivity index (χ1v) is 10.9. The summed E-state index contributed by atoms with van der Waals surface area (Å²) in [5.41, 5.74) is 0.988. The Kier molecular flexibility index (Phi) is 7.22. The molecule has 0 radical (unpaired) electrons. The number of amides is 1. The number of benzene rings is 2. The molecule has 1 aromatic heterocycles. The van der Waals surface area contributed by atoms with Gasteiger partial charge in [-0.25, -0.2) is 4.98 Å². The van der Waals surface area contributed by atoms with Gasteiger partial charge in [0.25, 0.3) is 0 Å². The molecule has 0 spiro atoms. The summed E-state index contributed by atoms with van der Waals surface area (Å²) in [7, 11) is 0. The first kappa shape index (κ1) is 21.4. The minimum atomic E-state index is 0.145. The van der Waals surface area contributed by atoms with Gasteiger partial charge in [-0.2, -0.15) is 0 Å². The van der Waals surface area contributed by atoms with Crippen molar-refractivity contribution in [3.8, 4) is 17.1 Å². The number of para-hydroxylation sites is 1. The molecule has 2 aromatic carbocycles. The number of carbonyl (C=O) groups is 1. The molecule has 1 fully saturated rings. The van der Waals surface area contributed by atoms with Gasteiger partial charge in [-0.15, -0.1) is 0 Å². The summed E-state index contributed by atoms with van der Waals surface area (Å²) in [5, 5.41) is 0.625. The molecule has 4 rings (SSSR count). The molecule has 0 N–H and O–H groups in total. The molecule has 31 heavy (non-hydrogen) atoms. The molecule has 7 heteroatoms. The minimum absolute atomic E-state index is 0.145. The second kappa shape index (κ2) is 10.5. The van der Waals surface area contributed by atoms with Crippen molar-refractivity contribution in [3.05, 3.63) is 71.7 Å². The van der Waals surface area contributed by atoms with Gasteiger partial charge in [-0.3, -0.25) is 9.69 Å². The van der Waals surface area contributed by atoms with Crippen molar-refractivity contribution in [3.63, 3.8) is 0 Å². The average molecular weight is 440 g/mol. The standard InChI is InChI=1S/C24H26ClN3O3/c25-20-8-4-5-9-21(20)30-17-16-27-12-14-28(15-13-27)24(29)11-10-23-26-18-22(31-23)19-6-2-1-3-7-19/h1-9,18H,10-17H2. The fourth-order valence-corrected chi connectivity index (χ4v) is 3.79. The smallest absolute Gasteiger partial charge is 0.223 e. The predicted octanol–water partition coefficient (Wildman–Crippen LogP) is 4.15. The van der Waals surface area contributed by atoms with Crippen LogP contribution in [-0.4, -0.2) is 60.0 Å². The number of rotatable bonds is 8. The van der Waals surface area contributed by atoms with Crippen LogP contribution in [0.1, 0.15) is 12.3 Å². The number of piperazine rings is 1. The normalized spacial score (nSPS) is 14.5. The largest absolute Gasteiger partial charge is 0.491 e. The van der Waals surface area contributed by atoms with Crippen molar-refractivity contribution in [1.82, 2.24) is 14.8 Å². The van der Waals surface area contributed by atoms with Gasteiger partial charge in [-0.1, -0.05) is 54.1 Å². The average Bonchev–Trinajstić information content (AvgIpc) is 3.29. The molecule has 1 saturated heterocycles. The summed E-state index contributed by atoms with van der Waals surface area (Å²) in [6.07, 6.45) is 2.64. The van der Waals surface area contributed by atoms with Gasteiger partial charge in [0.05, 0.1) is 11.2 Å². The lowest BCUT2D eigenvalue weighted by Gasteiger charge is -2.34. The molecule has 1 aliphatic rings. The zero-order chi connectivity index (χ0) is 21.5. The van der Waals surface area contributed by atoms with Crippen molar-refractivity contribution in [2.45, 2.75) is 12.8 Å². The number of nitrogens with zero attached hydrogens (tertiary/aromatic N) is 3. The maximum atomic E-state index is 12.6. The summed E-state index contributed by atoms with van der Waals surface area (Å²) in [6.45, 7) is 4.53. The van der Waals surface area contributed by atoms with Crippen molar-refractivity contribution < 1.29 is 13.9 Å². The Labute approximate surface area is 187 Å². The van der Waals surface area contributed by atoms with E-state index in [1.54, 1.807) is 6.20 Å². The Morgan fingerprint density at radius 2 is 1.77 bits per heavy atom. The Hall–Kier alpha value is -2.83. The first-order valence-electron chi connectivity index (χ1n) is 10.6. The Morgan fingerprint density at radius 3 is 2.55 bits per heavy atom. The SMILES string of the molecule is O=C(CCc1ncc(-c2ccccc2)o1)N1CCN(CCOc2ccccc2Cl)CC1. The first-order chi connectivity index (χ1) is 15.2. The topological polar surface area (TPSA) is 58.8 Å². The van der Waals surface area contributed by atoms with Crippen LogP contribution in [0.15, 0.2) is 65.2 Å². The van der Waals surface area contributed by atoms with Crippen LogP contribution in [0.5, 0.6) is 5.75 Å². The van der Waals surface area contributed by atoms with Gasteiger partial charge >= 0.3 is 0 Å². The molecular formula is C24H26ClN3O3. The lowest BCUT2D eigenvalue weighted by Crippen LogP contribution is -2.49. The van der Waals surface area contributed by atoms with E-state index in [2.05, 4.69) is 9.88 Å². The highest BCUT2D eigenvalue weighted by molar-refractivity contribution is 6.32. The van der Waals surface area contributed by atoms with E-state index < -0.39 is 0 Å². The third-order valence-corrected chi connectivity index (χ3v) is 5.70. The summed E-state index contributed by atoms with van der Waals surface area (Å²) in [5.74, 6) is 2.18. The summed E-state index contributed by atoms with van der Waals surface area (Å²) >= 11 is 6.11. The quantitative estimate of drug-likeness (QED) is 0.527. The van der Waals surface area contributed by atoms with Crippen molar-refractivity contribution in [2.75, 3.05) is 39.3 Å². The zero-order valence-electron chi connectivity index (χ0n) is 17.4. The van der Waals surface area contributed by atoms with Crippen LogP contribution in [0.2, 0.25) is 5.02 Å². The molecule has 0 bridgehead atoms. The highest BCUT2D eigenvalue weighted by Gasteiger charge is 2.21. The Bertz CT molecular complexity index is 984. The number of halogens is 1. The molecule has 2 heterocycles. The number of ether oxygens (including phenoxy) is 1. The van der Waals surface area contributed by atoms with Gasteiger partial charge in [0.15, 0.2) is 11.7 Å². The number of carbonyl (C=O) groups excluding carboxylic acids is 1. The summed E-state index contributed by atoms with van der Waals surface area (Å²) in [6, 6.07) is 17.3. The minimum Gasteiger partial charge on any atom is -0.491 e. The van der Waals surface area contributed by atoms with E-state index in [4.69, 9.17) is 20.8 Å². The molecule has 3 aromatic rings. The van der Waals surface area contributed by atoms with Crippen LogP contribution in [-0.2, 0) is 11.2 Å². The van der Waals surface area contributed by atoms with Gasteiger partial charge in [0, 0.05) is 51.1 Å². The lowest BCUT2D eigenvalue weighted by atomic mass is 10.2. The van der Waals surface area contributed by atoms with Crippen LogP contribution in [0.25, 0.3) is 11.3 Å². The lowest BCUT2D eigenvalue weighted by molar-refractivity contribution is -0.133. The van der Waals surface area contributed by atoms with Crippen molar-refractivity contribution in [2.24, 2.45) is 0 Å². The van der Waals surface area contributed by atoms with Gasteiger partial charge < -0.3 is 14.1 Å². The van der Waals surface area contributed by atoms with E-state index >= 15 is 0 Å². The maximum Gasteiger partial charge on any atom is 0.223 e. The predicted molar refractivity (Wildman–Crippen MR) is 120 cm³/mol. The van der Waals surface area contributed by atoms with Crippen molar-refractivity contribution >= 4 is 17.5 Å². The van der Waals surface area contributed by atoms with Gasteiger partial charge in [0.1, 0.15) is 12.4 Å². The van der Waals surface area contributed by atoms with Crippen LogP contribution < -0.4 is 4.74 Å².